The van der Waals surface area contributed by atoms with E-state index in [1.807, 2.05) is 24.3 Å². The van der Waals surface area contributed by atoms with Crippen LogP contribution in [-0.2, 0) is 6.54 Å². The minimum Gasteiger partial charge on any atom is -0.496 e. The maximum atomic E-state index is 9.81. The molecule has 1 saturated heterocycles. The molecule has 1 aliphatic rings. The number of hydrogen-bond donors (Lipinski definition) is 1. The third-order valence-electron chi connectivity index (χ3n) is 4.60. The number of nitrogens with zero attached hydrogens (tertiary/aromatic N) is 1. The van der Waals surface area contributed by atoms with Gasteiger partial charge in [-0.1, -0.05) is 48.0 Å². The Bertz CT molecular complexity index is 647. The second-order valence-corrected chi connectivity index (χ2v) is 6.55. The molecule has 4 heteroatoms. The molecule has 0 aliphatic carbocycles. The monoisotopic (exact) mass is 331 g/mol. The summed E-state index contributed by atoms with van der Waals surface area (Å²) in [6.07, 6.45) is 0. The first-order chi connectivity index (χ1) is 11.2. The predicted molar refractivity (Wildman–Crippen MR) is 93.0 cm³/mol. The van der Waals surface area contributed by atoms with E-state index in [4.69, 9.17) is 16.3 Å². The minimum atomic E-state index is 0.182. The first-order valence-corrected chi connectivity index (χ1v) is 8.29. The summed E-state index contributed by atoms with van der Waals surface area (Å²) in [4.78, 5) is 2.40. The number of hydrogen-bond acceptors (Lipinski definition) is 3. The molecule has 23 heavy (non-hydrogen) atoms. The van der Waals surface area contributed by atoms with Crippen LogP contribution < -0.4 is 4.74 Å². The van der Waals surface area contributed by atoms with Gasteiger partial charge < -0.3 is 9.84 Å². The van der Waals surface area contributed by atoms with Gasteiger partial charge in [-0.25, -0.2) is 0 Å². The maximum Gasteiger partial charge on any atom is 0.123 e. The zero-order chi connectivity index (χ0) is 16.2. The van der Waals surface area contributed by atoms with E-state index in [0.29, 0.717) is 5.02 Å². The van der Waals surface area contributed by atoms with Crippen LogP contribution in [0.1, 0.15) is 17.0 Å². The second kappa shape index (κ2) is 7.35. The fraction of sp³-hybridized carbons (Fsp3) is 0.368. The molecule has 2 atom stereocenters. The van der Waals surface area contributed by atoms with E-state index in [2.05, 4.69) is 29.2 Å². The minimum absolute atomic E-state index is 0.182. The SMILES string of the molecule is COc1cc(Cl)ccc1[C@@H]1CN(Cc2ccccc2)C[C@H]1CO. The zero-order valence-electron chi connectivity index (χ0n) is 13.3. The summed E-state index contributed by atoms with van der Waals surface area (Å²) >= 11 is 6.07. The molecule has 2 aromatic carbocycles. The van der Waals surface area contributed by atoms with Crippen LogP contribution in [0, 0.1) is 5.92 Å². The van der Waals surface area contributed by atoms with Crippen molar-refractivity contribution in [3.63, 3.8) is 0 Å². The molecule has 1 N–H and O–H groups in total. The summed E-state index contributed by atoms with van der Waals surface area (Å²) in [5.41, 5.74) is 2.43. The number of aliphatic hydroxyl groups excluding tert-OH is 1. The highest BCUT2D eigenvalue weighted by molar-refractivity contribution is 6.30. The second-order valence-electron chi connectivity index (χ2n) is 6.12. The smallest absolute Gasteiger partial charge is 0.123 e. The lowest BCUT2D eigenvalue weighted by molar-refractivity contribution is 0.213. The largest absolute Gasteiger partial charge is 0.496 e. The Balaban J connectivity index is 1.80. The highest BCUT2D eigenvalue weighted by Gasteiger charge is 2.34. The normalized spacial score (nSPS) is 21.5. The summed E-state index contributed by atoms with van der Waals surface area (Å²) < 4.78 is 5.50. The lowest BCUT2D eigenvalue weighted by Crippen LogP contribution is -2.20. The molecule has 3 nitrogen and oxygen atoms in total. The molecule has 0 unspecified atom stereocenters. The molecule has 122 valence electrons. The van der Waals surface area contributed by atoms with Crippen molar-refractivity contribution >= 4 is 11.6 Å². The van der Waals surface area contributed by atoms with Crippen LogP contribution in [0.4, 0.5) is 0 Å². The van der Waals surface area contributed by atoms with E-state index >= 15 is 0 Å². The van der Waals surface area contributed by atoms with Crippen LogP contribution in [-0.4, -0.2) is 36.8 Å². The number of likely N-dealkylation sites (tertiary alicyclic amines) is 1. The summed E-state index contributed by atoms with van der Waals surface area (Å²) in [6.45, 7) is 2.89. The summed E-state index contributed by atoms with van der Waals surface area (Å²) in [7, 11) is 1.67. The summed E-state index contributed by atoms with van der Waals surface area (Å²) in [5.74, 6) is 1.28. The number of aliphatic hydroxyl groups is 1. The Morgan fingerprint density at radius 3 is 2.65 bits per heavy atom. The standard InChI is InChI=1S/C19H22ClNO2/c1-23-19-9-16(20)7-8-17(19)18-12-21(11-15(18)13-22)10-14-5-3-2-4-6-14/h2-9,15,18,22H,10-13H2,1H3/t15-,18+/m0/s1. The van der Waals surface area contributed by atoms with Gasteiger partial charge in [-0.15, -0.1) is 0 Å². The van der Waals surface area contributed by atoms with Gasteiger partial charge in [0.25, 0.3) is 0 Å². The predicted octanol–water partition coefficient (Wildman–Crippen LogP) is 3.56. The maximum absolute atomic E-state index is 9.81. The van der Waals surface area contributed by atoms with E-state index in [0.717, 1.165) is 30.9 Å². The molecule has 1 heterocycles. The molecule has 3 rings (SSSR count). The highest BCUT2D eigenvalue weighted by Crippen LogP contribution is 2.38. The van der Waals surface area contributed by atoms with Crippen LogP contribution in [0.5, 0.6) is 5.75 Å². The molecular weight excluding hydrogens is 310 g/mol. The molecule has 0 bridgehead atoms. The van der Waals surface area contributed by atoms with Gasteiger partial charge >= 0.3 is 0 Å². The molecule has 0 aromatic heterocycles. The fourth-order valence-electron chi connectivity index (χ4n) is 3.46. The first-order valence-electron chi connectivity index (χ1n) is 7.92. The number of rotatable bonds is 5. The fourth-order valence-corrected chi connectivity index (χ4v) is 3.62. The average Bonchev–Trinajstić information content (AvgIpc) is 2.98. The van der Waals surface area contributed by atoms with Crippen molar-refractivity contribution in [1.29, 1.82) is 0 Å². The van der Waals surface area contributed by atoms with E-state index in [-0.39, 0.29) is 18.4 Å². The van der Waals surface area contributed by atoms with Gasteiger partial charge in [0.05, 0.1) is 7.11 Å². The Morgan fingerprint density at radius 2 is 1.96 bits per heavy atom. The Hall–Kier alpha value is -1.55. The average molecular weight is 332 g/mol. The van der Waals surface area contributed by atoms with Crippen molar-refractivity contribution in [2.24, 2.45) is 5.92 Å². The van der Waals surface area contributed by atoms with Gasteiger partial charge in [0, 0.05) is 43.1 Å². The molecule has 0 radical (unpaired) electrons. The van der Waals surface area contributed by atoms with Crippen molar-refractivity contribution in [2.45, 2.75) is 12.5 Å². The summed E-state index contributed by atoms with van der Waals surface area (Å²) in [5, 5.41) is 10.5. The van der Waals surface area contributed by atoms with Gasteiger partial charge in [-0.3, -0.25) is 4.90 Å². The van der Waals surface area contributed by atoms with Crippen LogP contribution in [0.15, 0.2) is 48.5 Å². The van der Waals surface area contributed by atoms with Crippen molar-refractivity contribution in [2.75, 3.05) is 26.8 Å². The van der Waals surface area contributed by atoms with E-state index in [1.54, 1.807) is 7.11 Å². The van der Waals surface area contributed by atoms with Crippen LogP contribution in [0.3, 0.4) is 0 Å². The number of halogens is 1. The van der Waals surface area contributed by atoms with Gasteiger partial charge in [0.2, 0.25) is 0 Å². The molecule has 2 aromatic rings. The molecular formula is C19H22ClNO2. The quantitative estimate of drug-likeness (QED) is 0.909. The number of methoxy groups -OCH3 is 1. The number of ether oxygens (including phenoxy) is 1. The lowest BCUT2D eigenvalue weighted by Gasteiger charge is -2.19. The van der Waals surface area contributed by atoms with Crippen LogP contribution in [0.2, 0.25) is 5.02 Å². The van der Waals surface area contributed by atoms with Crippen LogP contribution in [0.25, 0.3) is 0 Å². The molecule has 1 fully saturated rings. The Kier molecular flexibility index (Phi) is 5.21. The first kappa shape index (κ1) is 16.3. The van der Waals surface area contributed by atoms with Gasteiger partial charge in [-0.05, 0) is 23.3 Å². The molecule has 0 saturated carbocycles. The highest BCUT2D eigenvalue weighted by atomic mass is 35.5. The lowest BCUT2D eigenvalue weighted by atomic mass is 9.89. The van der Waals surface area contributed by atoms with Gasteiger partial charge in [0.15, 0.2) is 0 Å². The van der Waals surface area contributed by atoms with Crippen molar-refractivity contribution in [1.82, 2.24) is 4.90 Å². The molecule has 1 aliphatic heterocycles. The van der Waals surface area contributed by atoms with Crippen molar-refractivity contribution in [3.8, 4) is 5.75 Å². The van der Waals surface area contributed by atoms with Gasteiger partial charge in [-0.2, -0.15) is 0 Å². The zero-order valence-corrected chi connectivity index (χ0v) is 14.0. The van der Waals surface area contributed by atoms with Crippen LogP contribution >= 0.6 is 11.6 Å². The van der Waals surface area contributed by atoms with E-state index in [9.17, 15) is 5.11 Å². The topological polar surface area (TPSA) is 32.7 Å². The van der Waals surface area contributed by atoms with Gasteiger partial charge in [0.1, 0.15) is 5.75 Å². The molecule has 0 amide bonds. The molecule has 0 spiro atoms. The third-order valence-corrected chi connectivity index (χ3v) is 4.83. The summed E-state index contributed by atoms with van der Waals surface area (Å²) in [6, 6.07) is 16.2. The Morgan fingerprint density at radius 1 is 1.17 bits per heavy atom. The van der Waals surface area contributed by atoms with Crippen molar-refractivity contribution in [3.05, 3.63) is 64.7 Å². The third kappa shape index (κ3) is 3.69. The van der Waals surface area contributed by atoms with Crippen molar-refractivity contribution < 1.29 is 9.84 Å². The number of benzene rings is 2. The Labute approximate surface area is 142 Å². The van der Waals surface area contributed by atoms with E-state index in [1.165, 1.54) is 5.56 Å². The van der Waals surface area contributed by atoms with E-state index < -0.39 is 0 Å².